The molecule has 0 saturated heterocycles. The molecule has 7 nitrogen and oxygen atoms in total. The number of ether oxygens (including phenoxy) is 1. The minimum absolute atomic E-state index is 0.139. The summed E-state index contributed by atoms with van der Waals surface area (Å²) in [6.45, 7) is 0.620. The smallest absolute Gasteiger partial charge is 0.278 e. The predicted octanol–water partition coefficient (Wildman–Crippen LogP) is 2.86. The monoisotopic (exact) mass is 313 g/mol. The molecule has 1 N–H and O–H groups in total. The van der Waals surface area contributed by atoms with E-state index in [4.69, 9.17) is 9.26 Å². The van der Waals surface area contributed by atoms with Crippen LogP contribution in [0.3, 0.4) is 0 Å². The summed E-state index contributed by atoms with van der Waals surface area (Å²) in [5.41, 5.74) is 1.99. The number of nitrogens with one attached hydrogen (secondary N) is 1. The van der Waals surface area contributed by atoms with Gasteiger partial charge in [-0.25, -0.2) is 9.97 Å². The lowest BCUT2D eigenvalue weighted by molar-refractivity contribution is 0.0961. The number of aromatic amines is 1. The van der Waals surface area contributed by atoms with E-state index in [0.29, 0.717) is 18.2 Å². The molecule has 3 aromatic rings. The Morgan fingerprint density at radius 3 is 2.96 bits per heavy atom. The first-order valence-corrected chi connectivity index (χ1v) is 7.94. The number of fused-ring (bicyclic) bond motifs is 1. The van der Waals surface area contributed by atoms with Gasteiger partial charge >= 0.3 is 0 Å². The maximum Gasteiger partial charge on any atom is 0.278 e. The molecule has 0 atom stereocenters. The molecule has 4 rings (SSSR count). The Morgan fingerprint density at radius 2 is 2.13 bits per heavy atom. The van der Waals surface area contributed by atoms with Gasteiger partial charge in [-0.2, -0.15) is 4.98 Å². The summed E-state index contributed by atoms with van der Waals surface area (Å²) in [4.78, 5) is 16.5. The van der Waals surface area contributed by atoms with E-state index in [1.165, 1.54) is 19.3 Å². The zero-order valence-corrected chi connectivity index (χ0v) is 13.1. The van der Waals surface area contributed by atoms with Crippen LogP contribution >= 0.6 is 0 Å². The second-order valence-electron chi connectivity index (χ2n) is 6.16. The van der Waals surface area contributed by atoms with Crippen molar-refractivity contribution in [3.63, 3.8) is 0 Å². The summed E-state index contributed by atoms with van der Waals surface area (Å²) in [6, 6.07) is 1.87. The van der Waals surface area contributed by atoms with Gasteiger partial charge in [-0.3, -0.25) is 0 Å². The third-order valence-corrected chi connectivity index (χ3v) is 4.61. The van der Waals surface area contributed by atoms with E-state index in [1.54, 1.807) is 13.3 Å². The van der Waals surface area contributed by atoms with Crippen LogP contribution in [0.25, 0.3) is 22.7 Å². The summed E-state index contributed by atoms with van der Waals surface area (Å²) in [6.07, 6.45) is 9.12. The van der Waals surface area contributed by atoms with E-state index in [2.05, 4.69) is 25.1 Å². The Morgan fingerprint density at radius 1 is 1.26 bits per heavy atom. The molecule has 0 spiro atoms. The van der Waals surface area contributed by atoms with Gasteiger partial charge in [0.2, 0.25) is 0 Å². The van der Waals surface area contributed by atoms with Crippen LogP contribution in [0.15, 0.2) is 23.0 Å². The van der Waals surface area contributed by atoms with Crippen molar-refractivity contribution in [1.82, 2.24) is 25.1 Å². The predicted molar refractivity (Wildman–Crippen MR) is 83.8 cm³/mol. The fourth-order valence-corrected chi connectivity index (χ4v) is 3.41. The fourth-order valence-electron chi connectivity index (χ4n) is 3.41. The van der Waals surface area contributed by atoms with Gasteiger partial charge in [0.25, 0.3) is 5.89 Å². The highest BCUT2D eigenvalue weighted by Gasteiger charge is 2.38. The number of hydrogen-bond donors (Lipinski definition) is 1. The molecule has 1 aliphatic carbocycles. The van der Waals surface area contributed by atoms with Crippen LogP contribution in [0.2, 0.25) is 0 Å². The molecular weight excluding hydrogens is 294 g/mol. The molecule has 0 aromatic carbocycles. The van der Waals surface area contributed by atoms with Crippen molar-refractivity contribution in [2.75, 3.05) is 13.7 Å². The van der Waals surface area contributed by atoms with Gasteiger partial charge in [0, 0.05) is 13.3 Å². The third-order valence-electron chi connectivity index (χ3n) is 4.61. The average molecular weight is 313 g/mol. The van der Waals surface area contributed by atoms with Crippen LogP contribution < -0.4 is 0 Å². The van der Waals surface area contributed by atoms with Gasteiger partial charge in [0.15, 0.2) is 11.5 Å². The Labute approximate surface area is 133 Å². The highest BCUT2D eigenvalue weighted by molar-refractivity contribution is 5.72. The molecular formula is C16H19N5O2. The van der Waals surface area contributed by atoms with Crippen molar-refractivity contribution in [2.24, 2.45) is 0 Å². The molecule has 1 fully saturated rings. The van der Waals surface area contributed by atoms with Crippen LogP contribution in [-0.4, -0.2) is 38.8 Å². The number of aromatic nitrogens is 5. The lowest BCUT2D eigenvalue weighted by Crippen LogP contribution is -2.35. The highest BCUT2D eigenvalue weighted by atomic mass is 16.5. The molecule has 0 bridgehead atoms. The lowest BCUT2D eigenvalue weighted by Gasteiger charge is -2.33. The second kappa shape index (κ2) is 5.73. The number of rotatable bonds is 4. The van der Waals surface area contributed by atoms with Gasteiger partial charge in [0.1, 0.15) is 11.2 Å². The normalized spacial score (nSPS) is 17.6. The molecule has 3 aromatic heterocycles. The topological polar surface area (TPSA) is 89.7 Å². The van der Waals surface area contributed by atoms with Crippen molar-refractivity contribution >= 4 is 11.2 Å². The van der Waals surface area contributed by atoms with Crippen molar-refractivity contribution < 1.29 is 9.26 Å². The molecule has 23 heavy (non-hydrogen) atoms. The third kappa shape index (κ3) is 2.50. The van der Waals surface area contributed by atoms with Crippen LogP contribution in [0.4, 0.5) is 0 Å². The van der Waals surface area contributed by atoms with Crippen molar-refractivity contribution in [3.8, 4) is 11.6 Å². The Hall–Kier alpha value is -2.28. The molecule has 1 aliphatic rings. The first-order valence-electron chi connectivity index (χ1n) is 7.94. The summed E-state index contributed by atoms with van der Waals surface area (Å²) >= 11 is 0. The Balaban J connectivity index is 1.69. The zero-order valence-electron chi connectivity index (χ0n) is 13.1. The molecule has 3 heterocycles. The molecule has 1 saturated carbocycles. The fraction of sp³-hybridized carbons (Fsp3) is 0.500. The molecule has 0 aliphatic heterocycles. The van der Waals surface area contributed by atoms with Crippen LogP contribution in [0.5, 0.6) is 0 Å². The minimum atomic E-state index is -0.139. The van der Waals surface area contributed by atoms with E-state index in [-0.39, 0.29) is 5.41 Å². The SMILES string of the molecule is COCC1(c2noc(-c3cnc4[nH]ccc4n3)n2)CCCCC1. The van der Waals surface area contributed by atoms with E-state index >= 15 is 0 Å². The number of nitrogens with zero attached hydrogens (tertiary/aromatic N) is 4. The molecule has 0 unspecified atom stereocenters. The van der Waals surface area contributed by atoms with E-state index in [1.807, 2.05) is 12.3 Å². The van der Waals surface area contributed by atoms with Gasteiger partial charge in [-0.05, 0) is 18.9 Å². The first-order chi connectivity index (χ1) is 11.3. The summed E-state index contributed by atoms with van der Waals surface area (Å²) < 4.78 is 10.9. The van der Waals surface area contributed by atoms with Gasteiger partial charge in [-0.1, -0.05) is 24.4 Å². The van der Waals surface area contributed by atoms with E-state index in [0.717, 1.165) is 29.8 Å². The molecule has 0 amide bonds. The minimum Gasteiger partial charge on any atom is -0.384 e. The lowest BCUT2D eigenvalue weighted by atomic mass is 9.74. The van der Waals surface area contributed by atoms with Crippen LogP contribution in [0, 0.1) is 0 Å². The maximum atomic E-state index is 5.47. The standard InChI is InChI=1S/C16H19N5O2/c1-22-10-16(6-3-2-4-7-16)15-20-14(23-21-15)12-9-18-13-11(19-12)5-8-17-13/h5,8-9H,2-4,6-7,10H2,1H3,(H,17,18). The number of hydrogen-bond acceptors (Lipinski definition) is 6. The average Bonchev–Trinajstić information content (AvgIpc) is 3.25. The van der Waals surface area contributed by atoms with Gasteiger partial charge < -0.3 is 14.2 Å². The summed E-state index contributed by atoms with van der Waals surface area (Å²) in [5.74, 6) is 1.14. The molecule has 120 valence electrons. The van der Waals surface area contributed by atoms with E-state index < -0.39 is 0 Å². The summed E-state index contributed by atoms with van der Waals surface area (Å²) in [7, 11) is 1.72. The maximum absolute atomic E-state index is 5.47. The molecule has 7 heteroatoms. The van der Waals surface area contributed by atoms with Crippen LogP contribution in [0.1, 0.15) is 37.9 Å². The van der Waals surface area contributed by atoms with Crippen molar-refractivity contribution in [3.05, 3.63) is 24.3 Å². The van der Waals surface area contributed by atoms with Gasteiger partial charge in [0.05, 0.1) is 18.2 Å². The Kier molecular flexibility index (Phi) is 3.57. The van der Waals surface area contributed by atoms with Crippen molar-refractivity contribution in [1.29, 1.82) is 0 Å². The van der Waals surface area contributed by atoms with E-state index in [9.17, 15) is 0 Å². The zero-order chi connectivity index (χ0) is 15.7. The van der Waals surface area contributed by atoms with Gasteiger partial charge in [-0.15, -0.1) is 0 Å². The summed E-state index contributed by atoms with van der Waals surface area (Å²) in [5, 5.41) is 4.23. The molecule has 0 radical (unpaired) electrons. The number of methoxy groups -OCH3 is 1. The highest BCUT2D eigenvalue weighted by Crippen LogP contribution is 2.38. The van der Waals surface area contributed by atoms with Crippen LogP contribution in [-0.2, 0) is 10.2 Å². The van der Waals surface area contributed by atoms with Crippen molar-refractivity contribution in [2.45, 2.75) is 37.5 Å². The number of H-pyrrole nitrogens is 1. The first kappa shape index (κ1) is 14.3. The largest absolute Gasteiger partial charge is 0.384 e. The Bertz CT molecular complexity index is 798. The quantitative estimate of drug-likeness (QED) is 0.796. The second-order valence-corrected chi connectivity index (χ2v) is 6.16.